The Hall–Kier alpha value is -2.16. The van der Waals surface area contributed by atoms with Gasteiger partial charge >= 0.3 is 0 Å². The average Bonchev–Trinajstić information content (AvgIpc) is 2.89. The molecule has 2 aromatic rings. The molecule has 3 atom stereocenters. The van der Waals surface area contributed by atoms with Gasteiger partial charge in [-0.25, -0.2) is 0 Å². The molecule has 194 valence electrons. The van der Waals surface area contributed by atoms with Gasteiger partial charge in [0.05, 0.1) is 19.3 Å². The SMILES string of the molecule is CCC[C@H](C(=O)NCCN1CCOCC1)N1C(=O)CO[C@@H](c2ccc(Cl)cc2)[C@H]1c1ccc(Cl)cc1. The first kappa shape index (κ1) is 26.9. The smallest absolute Gasteiger partial charge is 0.249 e. The molecule has 0 aromatic heterocycles. The zero-order valence-electron chi connectivity index (χ0n) is 20.5. The maximum absolute atomic E-state index is 13.5. The summed E-state index contributed by atoms with van der Waals surface area (Å²) in [6.07, 6.45) is 0.846. The first-order valence-electron chi connectivity index (χ1n) is 12.5. The number of ether oxygens (including phenoxy) is 2. The molecule has 0 radical (unpaired) electrons. The van der Waals surface area contributed by atoms with E-state index >= 15 is 0 Å². The van der Waals surface area contributed by atoms with Gasteiger partial charge in [-0.1, -0.05) is 60.8 Å². The molecule has 2 heterocycles. The van der Waals surface area contributed by atoms with Crippen LogP contribution in [-0.4, -0.2) is 73.7 Å². The van der Waals surface area contributed by atoms with Crippen molar-refractivity contribution < 1.29 is 19.1 Å². The Labute approximate surface area is 222 Å². The third-order valence-electron chi connectivity index (χ3n) is 6.70. The first-order valence-corrected chi connectivity index (χ1v) is 13.2. The summed E-state index contributed by atoms with van der Waals surface area (Å²) < 4.78 is 11.5. The number of nitrogens with one attached hydrogen (secondary N) is 1. The molecule has 4 rings (SSSR count). The van der Waals surface area contributed by atoms with E-state index in [-0.39, 0.29) is 18.4 Å². The van der Waals surface area contributed by atoms with Gasteiger partial charge in [0.25, 0.3) is 0 Å². The van der Waals surface area contributed by atoms with Crippen molar-refractivity contribution in [3.8, 4) is 0 Å². The highest BCUT2D eigenvalue weighted by Crippen LogP contribution is 2.42. The van der Waals surface area contributed by atoms with Crippen LogP contribution in [0.25, 0.3) is 0 Å². The van der Waals surface area contributed by atoms with Crippen molar-refractivity contribution in [3.63, 3.8) is 0 Å². The second kappa shape index (κ2) is 12.9. The number of carbonyl (C=O) groups excluding carboxylic acids is 2. The molecule has 0 spiro atoms. The second-order valence-electron chi connectivity index (χ2n) is 9.13. The number of hydrogen-bond acceptors (Lipinski definition) is 5. The third kappa shape index (κ3) is 6.58. The van der Waals surface area contributed by atoms with Gasteiger partial charge in [-0.3, -0.25) is 14.5 Å². The quantitative estimate of drug-likeness (QED) is 0.521. The molecular formula is C27H33Cl2N3O4. The van der Waals surface area contributed by atoms with E-state index < -0.39 is 18.2 Å². The Kier molecular flexibility index (Phi) is 9.62. The summed E-state index contributed by atoms with van der Waals surface area (Å²) in [5, 5.41) is 4.30. The fraction of sp³-hybridized carbons (Fsp3) is 0.481. The van der Waals surface area contributed by atoms with Crippen molar-refractivity contribution in [3.05, 3.63) is 69.7 Å². The summed E-state index contributed by atoms with van der Waals surface area (Å²) in [5.41, 5.74) is 1.74. The van der Waals surface area contributed by atoms with Crippen LogP contribution in [0.3, 0.4) is 0 Å². The van der Waals surface area contributed by atoms with Crippen LogP contribution in [-0.2, 0) is 19.1 Å². The molecule has 0 saturated carbocycles. The summed E-state index contributed by atoms with van der Waals surface area (Å²) in [7, 11) is 0. The molecule has 0 aliphatic carbocycles. The van der Waals surface area contributed by atoms with Crippen LogP contribution in [0.1, 0.15) is 43.0 Å². The summed E-state index contributed by atoms with van der Waals surface area (Å²) in [5.74, 6) is -0.351. The first-order chi connectivity index (χ1) is 17.5. The van der Waals surface area contributed by atoms with E-state index in [2.05, 4.69) is 10.2 Å². The van der Waals surface area contributed by atoms with Crippen molar-refractivity contribution in [1.82, 2.24) is 15.1 Å². The second-order valence-corrected chi connectivity index (χ2v) is 10.0. The molecule has 0 bridgehead atoms. The van der Waals surface area contributed by atoms with Gasteiger partial charge in [0.15, 0.2) is 0 Å². The van der Waals surface area contributed by atoms with Gasteiger partial charge in [-0.15, -0.1) is 0 Å². The summed E-state index contributed by atoms with van der Waals surface area (Å²) in [6, 6.07) is 13.7. The minimum atomic E-state index is -0.619. The Balaban J connectivity index is 1.61. The highest BCUT2D eigenvalue weighted by atomic mass is 35.5. The van der Waals surface area contributed by atoms with Crippen molar-refractivity contribution in [2.45, 2.75) is 38.0 Å². The number of rotatable bonds is 9. The number of halogens is 2. The highest BCUT2D eigenvalue weighted by Gasteiger charge is 2.44. The number of nitrogens with zero attached hydrogens (tertiary/aromatic N) is 2. The largest absolute Gasteiger partial charge is 0.379 e. The predicted molar refractivity (Wildman–Crippen MR) is 140 cm³/mol. The standard InChI is InChI=1S/C27H33Cl2N3O4/c1-2-3-23(27(34)30-12-13-31-14-16-35-17-15-31)32-24(33)18-36-26(20-6-10-22(29)11-7-20)25(32)19-4-8-21(28)9-5-19/h4-11,23,25-26H,2-3,12-18H2,1H3,(H,30,34)/t23-,25-,26+/m1/s1. The van der Waals surface area contributed by atoms with Crippen molar-refractivity contribution in [2.24, 2.45) is 0 Å². The van der Waals surface area contributed by atoms with Crippen molar-refractivity contribution >= 4 is 35.0 Å². The van der Waals surface area contributed by atoms with Crippen molar-refractivity contribution in [1.29, 1.82) is 0 Å². The Morgan fingerprint density at radius 2 is 1.64 bits per heavy atom. The van der Waals surface area contributed by atoms with E-state index in [0.717, 1.165) is 37.2 Å². The van der Waals surface area contributed by atoms with Crippen LogP contribution in [0.2, 0.25) is 10.0 Å². The summed E-state index contributed by atoms with van der Waals surface area (Å²) >= 11 is 12.3. The maximum Gasteiger partial charge on any atom is 0.249 e. The molecule has 2 fully saturated rings. The maximum atomic E-state index is 13.5. The van der Waals surface area contributed by atoms with Gasteiger partial charge in [-0.05, 0) is 41.8 Å². The van der Waals surface area contributed by atoms with E-state index in [1.54, 1.807) is 17.0 Å². The lowest BCUT2D eigenvalue weighted by atomic mass is 9.90. The van der Waals surface area contributed by atoms with E-state index in [4.69, 9.17) is 32.7 Å². The Morgan fingerprint density at radius 1 is 1.03 bits per heavy atom. The topological polar surface area (TPSA) is 71.1 Å². The van der Waals surface area contributed by atoms with E-state index in [9.17, 15) is 9.59 Å². The molecule has 2 saturated heterocycles. The molecule has 2 aliphatic rings. The zero-order valence-corrected chi connectivity index (χ0v) is 22.0. The lowest BCUT2D eigenvalue weighted by Gasteiger charge is -2.45. The summed E-state index contributed by atoms with van der Waals surface area (Å²) in [4.78, 5) is 30.9. The van der Waals surface area contributed by atoms with Gasteiger partial charge < -0.3 is 19.7 Å². The Morgan fingerprint density at radius 3 is 2.25 bits per heavy atom. The van der Waals surface area contributed by atoms with Gasteiger partial charge in [-0.2, -0.15) is 0 Å². The van der Waals surface area contributed by atoms with E-state index in [1.807, 2.05) is 43.3 Å². The van der Waals surface area contributed by atoms with E-state index in [0.29, 0.717) is 36.2 Å². The lowest BCUT2D eigenvalue weighted by molar-refractivity contribution is -0.167. The lowest BCUT2D eigenvalue weighted by Crippen LogP contribution is -2.56. The molecule has 0 unspecified atom stereocenters. The van der Waals surface area contributed by atoms with Gasteiger partial charge in [0.2, 0.25) is 11.8 Å². The number of carbonyl (C=O) groups is 2. The molecule has 36 heavy (non-hydrogen) atoms. The zero-order chi connectivity index (χ0) is 25.5. The summed E-state index contributed by atoms with van der Waals surface area (Å²) in [6.45, 7) is 6.33. The predicted octanol–water partition coefficient (Wildman–Crippen LogP) is 4.25. The average molecular weight is 534 g/mol. The molecular weight excluding hydrogens is 501 g/mol. The Bertz CT molecular complexity index is 1010. The normalized spacial score (nSPS) is 21.9. The molecule has 2 amide bonds. The van der Waals surface area contributed by atoms with Crippen LogP contribution in [0, 0.1) is 0 Å². The fourth-order valence-electron chi connectivity index (χ4n) is 4.87. The van der Waals surface area contributed by atoms with Crippen LogP contribution >= 0.6 is 23.2 Å². The molecule has 7 nitrogen and oxygen atoms in total. The number of amides is 2. The molecule has 2 aromatic carbocycles. The minimum absolute atomic E-state index is 0.0986. The van der Waals surface area contributed by atoms with Gasteiger partial charge in [0.1, 0.15) is 18.8 Å². The van der Waals surface area contributed by atoms with Gasteiger partial charge in [0, 0.05) is 36.2 Å². The molecule has 2 aliphatic heterocycles. The number of morpholine rings is 2. The van der Waals surface area contributed by atoms with Crippen LogP contribution in [0.4, 0.5) is 0 Å². The van der Waals surface area contributed by atoms with Crippen LogP contribution in [0.5, 0.6) is 0 Å². The molecule has 1 N–H and O–H groups in total. The highest BCUT2D eigenvalue weighted by molar-refractivity contribution is 6.30. The molecule has 9 heteroatoms. The van der Waals surface area contributed by atoms with Crippen LogP contribution in [0.15, 0.2) is 48.5 Å². The fourth-order valence-corrected chi connectivity index (χ4v) is 5.12. The number of benzene rings is 2. The number of hydrogen-bond donors (Lipinski definition) is 1. The van der Waals surface area contributed by atoms with Crippen LogP contribution < -0.4 is 5.32 Å². The monoisotopic (exact) mass is 533 g/mol. The van der Waals surface area contributed by atoms with E-state index in [1.165, 1.54) is 0 Å². The minimum Gasteiger partial charge on any atom is -0.379 e. The van der Waals surface area contributed by atoms with Crippen molar-refractivity contribution in [2.75, 3.05) is 46.0 Å². The third-order valence-corrected chi connectivity index (χ3v) is 7.21.